The summed E-state index contributed by atoms with van der Waals surface area (Å²) in [6.45, 7) is 8.40. The van der Waals surface area contributed by atoms with Gasteiger partial charge < -0.3 is 23.7 Å². The number of fused-ring (bicyclic) bond motifs is 4. The summed E-state index contributed by atoms with van der Waals surface area (Å²) in [6, 6.07) is 33.3. The summed E-state index contributed by atoms with van der Waals surface area (Å²) in [5.74, 6) is -1.10. The van der Waals surface area contributed by atoms with Crippen molar-refractivity contribution in [2.75, 3.05) is 26.4 Å². The molecule has 0 bridgehead atoms. The van der Waals surface area contributed by atoms with E-state index in [0.717, 1.165) is 49.4 Å². The van der Waals surface area contributed by atoms with Crippen LogP contribution in [-0.2, 0) is 28.7 Å². The summed E-state index contributed by atoms with van der Waals surface area (Å²) in [5, 5.41) is 12.1. The van der Waals surface area contributed by atoms with Gasteiger partial charge >= 0.3 is 11.9 Å². The first-order chi connectivity index (χ1) is 25.8. The molecule has 0 atom stereocenters. The fourth-order valence-corrected chi connectivity index (χ4v) is 6.27. The van der Waals surface area contributed by atoms with E-state index in [1.807, 2.05) is 117 Å². The molecule has 10 heteroatoms. The van der Waals surface area contributed by atoms with Crippen LogP contribution in [0, 0.1) is 0 Å². The van der Waals surface area contributed by atoms with E-state index in [9.17, 15) is 14.4 Å². The Balaban J connectivity index is 1.48. The second kappa shape index (κ2) is 17.0. The molecule has 0 saturated carbocycles. The van der Waals surface area contributed by atoms with Crippen LogP contribution in [0.2, 0.25) is 0 Å². The van der Waals surface area contributed by atoms with Gasteiger partial charge in [-0.25, -0.2) is 9.59 Å². The van der Waals surface area contributed by atoms with Crippen LogP contribution in [0.15, 0.2) is 113 Å². The largest absolute Gasteiger partial charge is 0.381 e. The maximum Gasteiger partial charge on any atom is 0.331 e. The van der Waals surface area contributed by atoms with Gasteiger partial charge in [-0.3, -0.25) is 4.79 Å². The van der Waals surface area contributed by atoms with Crippen molar-refractivity contribution in [2.45, 2.75) is 40.5 Å². The molecule has 0 fully saturated rings. The summed E-state index contributed by atoms with van der Waals surface area (Å²) in [4.78, 5) is 47.3. The van der Waals surface area contributed by atoms with Gasteiger partial charge in [0.05, 0.1) is 35.7 Å². The Morgan fingerprint density at radius 3 is 1.64 bits per heavy atom. The van der Waals surface area contributed by atoms with Crippen LogP contribution in [0.5, 0.6) is 0 Å². The number of benzene rings is 5. The van der Waals surface area contributed by atoms with Crippen LogP contribution >= 0.6 is 0 Å². The quantitative estimate of drug-likeness (QED) is 0.0344. The third-order valence-corrected chi connectivity index (χ3v) is 8.77. The Morgan fingerprint density at radius 1 is 0.566 bits per heavy atom. The highest BCUT2D eigenvalue weighted by Crippen LogP contribution is 2.34. The molecule has 5 aromatic carbocycles. The molecule has 0 N–H and O–H groups in total. The van der Waals surface area contributed by atoms with Crippen LogP contribution in [-0.4, -0.2) is 60.1 Å². The topological polar surface area (TPSA) is 118 Å². The van der Waals surface area contributed by atoms with Crippen molar-refractivity contribution in [1.82, 2.24) is 4.57 Å². The molecule has 53 heavy (non-hydrogen) atoms. The van der Waals surface area contributed by atoms with E-state index in [2.05, 4.69) is 14.9 Å². The Morgan fingerprint density at radius 2 is 1.06 bits per heavy atom. The molecule has 270 valence electrons. The predicted molar refractivity (Wildman–Crippen MR) is 207 cm³/mol. The molecule has 1 heterocycles. The molecular formula is C43H41N3O7. The average molecular weight is 712 g/mol. The number of ketones is 1. The summed E-state index contributed by atoms with van der Waals surface area (Å²) in [7, 11) is 0. The average Bonchev–Trinajstić information content (AvgIpc) is 3.50. The zero-order chi connectivity index (χ0) is 37.3. The van der Waals surface area contributed by atoms with Crippen LogP contribution in [0.3, 0.4) is 0 Å². The van der Waals surface area contributed by atoms with E-state index in [1.165, 1.54) is 13.8 Å². The number of rotatable bonds is 15. The third kappa shape index (κ3) is 8.57. The number of carbonyl (C=O) groups excluding carboxylic acids is 3. The lowest BCUT2D eigenvalue weighted by Crippen LogP contribution is -2.09. The first-order valence-electron chi connectivity index (χ1n) is 17.6. The molecule has 1 aromatic heterocycles. The van der Waals surface area contributed by atoms with Crippen LogP contribution in [0.4, 0.5) is 0 Å². The highest BCUT2D eigenvalue weighted by atomic mass is 16.7. The van der Waals surface area contributed by atoms with Crippen molar-refractivity contribution in [2.24, 2.45) is 10.3 Å². The Bertz CT molecular complexity index is 2360. The molecule has 6 rings (SSSR count). The number of hydrogen-bond donors (Lipinski definition) is 0. The van der Waals surface area contributed by atoms with Gasteiger partial charge in [0.2, 0.25) is 0 Å². The normalized spacial score (nSPS) is 12.1. The summed E-state index contributed by atoms with van der Waals surface area (Å²) >= 11 is 0. The number of oxime groups is 2. The van der Waals surface area contributed by atoms with Gasteiger partial charge in [-0.15, -0.1) is 0 Å². The van der Waals surface area contributed by atoms with Gasteiger partial charge in [0.1, 0.15) is 0 Å². The van der Waals surface area contributed by atoms with Crippen molar-refractivity contribution in [3.8, 4) is 5.69 Å². The first-order valence-corrected chi connectivity index (χ1v) is 17.6. The fraction of sp³-hybridized carbons (Fsp3) is 0.233. The van der Waals surface area contributed by atoms with E-state index < -0.39 is 11.9 Å². The standard InChI is InChI=1S/C43H41N3O7/c1-5-50-23-21-39(44-52-28(3)47)31-13-17-36(18-14-31)46-41-19-15-33(40(22-24-51-6-2)45-53-29(4)48)26-37(41)38-27-35(16-20-42(38)46)43(49)34-12-11-30-9-7-8-10-32(30)25-34/h7-20,25-27H,5-6,21-24H2,1-4H3/b44-39+,45-40+. The highest BCUT2D eigenvalue weighted by molar-refractivity contribution is 6.17. The zero-order valence-corrected chi connectivity index (χ0v) is 30.3. The van der Waals surface area contributed by atoms with Crippen molar-refractivity contribution in [1.29, 1.82) is 0 Å². The number of carbonyl (C=O) groups is 3. The third-order valence-electron chi connectivity index (χ3n) is 8.77. The molecule has 0 unspecified atom stereocenters. The number of ether oxygens (including phenoxy) is 2. The van der Waals surface area contributed by atoms with Gasteiger partial charge in [-0.2, -0.15) is 0 Å². The highest BCUT2D eigenvalue weighted by Gasteiger charge is 2.19. The smallest absolute Gasteiger partial charge is 0.331 e. The predicted octanol–water partition coefficient (Wildman–Crippen LogP) is 8.56. The number of hydrogen-bond acceptors (Lipinski definition) is 9. The summed E-state index contributed by atoms with van der Waals surface area (Å²) in [5.41, 5.74) is 6.53. The monoisotopic (exact) mass is 711 g/mol. The lowest BCUT2D eigenvalue weighted by atomic mass is 9.98. The van der Waals surface area contributed by atoms with Gasteiger partial charge in [0, 0.05) is 73.1 Å². The van der Waals surface area contributed by atoms with Gasteiger partial charge in [-0.1, -0.05) is 64.9 Å². The van der Waals surface area contributed by atoms with Crippen molar-refractivity contribution in [3.63, 3.8) is 0 Å². The van der Waals surface area contributed by atoms with E-state index in [-0.39, 0.29) is 5.78 Å². The maximum atomic E-state index is 14.0. The second-order valence-corrected chi connectivity index (χ2v) is 12.4. The van der Waals surface area contributed by atoms with E-state index in [4.69, 9.17) is 19.1 Å². The molecule has 0 saturated heterocycles. The molecule has 0 amide bonds. The molecule has 0 radical (unpaired) electrons. The minimum atomic E-state index is -0.518. The molecule has 0 spiro atoms. The molecule has 0 aliphatic heterocycles. The van der Waals surface area contributed by atoms with Gasteiger partial charge in [-0.05, 0) is 78.7 Å². The van der Waals surface area contributed by atoms with Gasteiger partial charge in [0.15, 0.2) is 5.78 Å². The number of aromatic nitrogens is 1. The van der Waals surface area contributed by atoms with Crippen LogP contribution in [0.1, 0.15) is 67.6 Å². The zero-order valence-electron chi connectivity index (χ0n) is 30.3. The Kier molecular flexibility index (Phi) is 11.8. The lowest BCUT2D eigenvalue weighted by Gasteiger charge is -2.11. The van der Waals surface area contributed by atoms with Crippen molar-refractivity contribution >= 4 is 61.7 Å². The Labute approximate surface area is 307 Å². The molecule has 6 aromatic rings. The summed E-state index contributed by atoms with van der Waals surface area (Å²) in [6.07, 6.45) is 0.895. The molecular weight excluding hydrogens is 670 g/mol. The minimum Gasteiger partial charge on any atom is -0.381 e. The second-order valence-electron chi connectivity index (χ2n) is 12.4. The van der Waals surface area contributed by atoms with E-state index in [1.54, 1.807) is 0 Å². The molecule has 0 aliphatic carbocycles. The number of nitrogens with zero attached hydrogens (tertiary/aromatic N) is 3. The van der Waals surface area contributed by atoms with Crippen LogP contribution < -0.4 is 0 Å². The fourth-order valence-electron chi connectivity index (χ4n) is 6.27. The Hall–Kier alpha value is -5.97. The van der Waals surface area contributed by atoms with E-state index >= 15 is 0 Å². The maximum absolute atomic E-state index is 14.0. The first kappa shape index (κ1) is 36.8. The van der Waals surface area contributed by atoms with Gasteiger partial charge in [0.25, 0.3) is 0 Å². The van der Waals surface area contributed by atoms with Crippen LogP contribution in [0.25, 0.3) is 38.3 Å². The minimum absolute atomic E-state index is 0.0838. The van der Waals surface area contributed by atoms with E-state index in [0.29, 0.717) is 61.8 Å². The van der Waals surface area contributed by atoms with Crippen molar-refractivity contribution < 1.29 is 33.5 Å². The lowest BCUT2D eigenvalue weighted by molar-refractivity contribution is -0.141. The van der Waals surface area contributed by atoms with Crippen molar-refractivity contribution in [3.05, 3.63) is 125 Å². The molecule has 10 nitrogen and oxygen atoms in total. The molecule has 0 aliphatic rings. The summed E-state index contributed by atoms with van der Waals surface area (Å²) < 4.78 is 13.3. The SMILES string of the molecule is CCOCC/C(=N\OC(C)=O)c1ccc(-n2c3ccc(C(=O)c4ccc5ccccc5c4)cc3c3cc(/C(CCOCC)=N/OC(C)=O)ccc32)cc1.